The van der Waals surface area contributed by atoms with Crippen molar-refractivity contribution in [3.8, 4) is 22.8 Å². The van der Waals surface area contributed by atoms with E-state index in [4.69, 9.17) is 9.47 Å². The fourth-order valence-corrected chi connectivity index (χ4v) is 3.47. The molecule has 0 radical (unpaired) electrons. The van der Waals surface area contributed by atoms with Crippen molar-refractivity contribution in [3.05, 3.63) is 63.0 Å². The van der Waals surface area contributed by atoms with Crippen molar-refractivity contribution in [3.63, 3.8) is 0 Å². The Morgan fingerprint density at radius 3 is 3.04 bits per heavy atom. The van der Waals surface area contributed by atoms with Crippen LogP contribution in [0, 0.1) is 10.1 Å². The Morgan fingerprint density at radius 1 is 1.35 bits per heavy atom. The van der Waals surface area contributed by atoms with Crippen molar-refractivity contribution in [1.82, 2.24) is 4.98 Å². The van der Waals surface area contributed by atoms with Gasteiger partial charge in [-0.15, -0.1) is 0 Å². The molecule has 0 bridgehead atoms. The molecule has 7 nitrogen and oxygen atoms in total. The van der Waals surface area contributed by atoms with E-state index in [0.29, 0.717) is 17.3 Å². The van der Waals surface area contributed by atoms with Gasteiger partial charge in [0.15, 0.2) is 0 Å². The second-order valence-corrected chi connectivity index (χ2v) is 6.59. The average Bonchev–Trinajstić information content (AvgIpc) is 3.09. The van der Waals surface area contributed by atoms with E-state index >= 15 is 0 Å². The lowest BCUT2D eigenvalue weighted by atomic mass is 10.1. The molecule has 1 aliphatic heterocycles. The maximum Gasteiger partial charge on any atom is 0.270 e. The van der Waals surface area contributed by atoms with E-state index in [-0.39, 0.29) is 5.69 Å². The highest BCUT2D eigenvalue weighted by Crippen LogP contribution is 2.42. The quantitative estimate of drug-likeness (QED) is 0.388. The standard InChI is InChI=1S/C18H13N3O4S/c1-24-13-5-6-14-15(8-13)25-10-16-17(14)20-18(26-16)19-9-11-3-2-4-12(7-11)21(22)23/h2-9H,10H2,1H3. The lowest BCUT2D eigenvalue weighted by Crippen LogP contribution is -2.03. The molecule has 26 heavy (non-hydrogen) atoms. The van der Waals surface area contributed by atoms with Gasteiger partial charge in [-0.25, -0.2) is 9.98 Å². The second-order valence-electron chi connectivity index (χ2n) is 5.53. The van der Waals surface area contributed by atoms with E-state index in [1.54, 1.807) is 25.5 Å². The zero-order valence-electron chi connectivity index (χ0n) is 13.7. The summed E-state index contributed by atoms with van der Waals surface area (Å²) in [5, 5.41) is 11.4. The van der Waals surface area contributed by atoms with Crippen molar-refractivity contribution < 1.29 is 14.4 Å². The Hall–Kier alpha value is -3.26. The molecule has 4 rings (SSSR count). The van der Waals surface area contributed by atoms with Gasteiger partial charge in [0.05, 0.1) is 22.6 Å². The number of rotatable bonds is 4. The molecule has 0 saturated heterocycles. The SMILES string of the molecule is COc1ccc2c(c1)OCc1sc(N=Cc3cccc([N+](=O)[O-])c3)nc1-2. The summed E-state index contributed by atoms with van der Waals surface area (Å²) in [6, 6.07) is 11.9. The number of benzene rings is 2. The number of nitrogens with zero attached hydrogens (tertiary/aromatic N) is 3. The summed E-state index contributed by atoms with van der Waals surface area (Å²) in [5.74, 6) is 1.46. The number of thiazole rings is 1. The van der Waals surface area contributed by atoms with Gasteiger partial charge in [0, 0.05) is 30.0 Å². The van der Waals surface area contributed by atoms with Gasteiger partial charge in [0.2, 0.25) is 5.13 Å². The van der Waals surface area contributed by atoms with E-state index in [1.165, 1.54) is 23.5 Å². The number of aliphatic imine (C=N–C) groups is 1. The van der Waals surface area contributed by atoms with Gasteiger partial charge < -0.3 is 9.47 Å². The van der Waals surface area contributed by atoms with Crippen molar-refractivity contribution in [2.24, 2.45) is 4.99 Å². The monoisotopic (exact) mass is 367 g/mol. The van der Waals surface area contributed by atoms with Crippen LogP contribution in [-0.2, 0) is 6.61 Å². The summed E-state index contributed by atoms with van der Waals surface area (Å²) in [7, 11) is 1.61. The van der Waals surface area contributed by atoms with Crippen LogP contribution < -0.4 is 9.47 Å². The van der Waals surface area contributed by atoms with Crippen molar-refractivity contribution in [1.29, 1.82) is 0 Å². The highest BCUT2D eigenvalue weighted by atomic mass is 32.1. The summed E-state index contributed by atoms with van der Waals surface area (Å²) >= 11 is 1.44. The van der Waals surface area contributed by atoms with Gasteiger partial charge in [0.25, 0.3) is 5.69 Å². The molecule has 2 aromatic carbocycles. The highest BCUT2D eigenvalue weighted by molar-refractivity contribution is 7.15. The summed E-state index contributed by atoms with van der Waals surface area (Å²) in [5.41, 5.74) is 2.43. The van der Waals surface area contributed by atoms with Crippen molar-refractivity contribution >= 4 is 28.4 Å². The van der Waals surface area contributed by atoms with Crippen molar-refractivity contribution in [2.75, 3.05) is 7.11 Å². The van der Waals surface area contributed by atoms with Crippen LogP contribution in [-0.4, -0.2) is 23.2 Å². The predicted octanol–water partition coefficient (Wildman–Crippen LogP) is 4.37. The van der Waals surface area contributed by atoms with Crippen LogP contribution >= 0.6 is 11.3 Å². The Labute approximate surface area is 152 Å². The molecule has 0 amide bonds. The van der Waals surface area contributed by atoms with Gasteiger partial charge in [-0.1, -0.05) is 23.5 Å². The summed E-state index contributed by atoms with van der Waals surface area (Å²) in [4.78, 5) is 20.4. The molecule has 1 aliphatic rings. The summed E-state index contributed by atoms with van der Waals surface area (Å²) in [6.45, 7) is 0.430. The van der Waals surface area contributed by atoms with E-state index in [1.807, 2.05) is 18.2 Å². The zero-order valence-corrected chi connectivity index (χ0v) is 14.5. The van der Waals surface area contributed by atoms with E-state index in [9.17, 15) is 10.1 Å². The maximum atomic E-state index is 10.9. The third-order valence-electron chi connectivity index (χ3n) is 3.89. The van der Waals surface area contributed by atoms with Gasteiger partial charge in [-0.3, -0.25) is 10.1 Å². The topological polar surface area (TPSA) is 86.8 Å². The summed E-state index contributed by atoms with van der Waals surface area (Å²) < 4.78 is 11.0. The molecule has 3 aromatic rings. The number of hydrogen-bond donors (Lipinski definition) is 0. The minimum atomic E-state index is -0.429. The van der Waals surface area contributed by atoms with Crippen LogP contribution in [0.4, 0.5) is 10.8 Å². The largest absolute Gasteiger partial charge is 0.497 e. The first kappa shape index (κ1) is 16.2. The Bertz CT molecular complexity index is 1030. The maximum absolute atomic E-state index is 10.9. The predicted molar refractivity (Wildman–Crippen MR) is 98.8 cm³/mol. The highest BCUT2D eigenvalue weighted by Gasteiger charge is 2.22. The molecular formula is C18H13N3O4S. The third-order valence-corrected chi connectivity index (χ3v) is 4.83. The van der Waals surface area contributed by atoms with Crippen LogP contribution in [0.25, 0.3) is 11.3 Å². The van der Waals surface area contributed by atoms with Crippen LogP contribution in [0.1, 0.15) is 10.4 Å². The number of aromatic nitrogens is 1. The Balaban J connectivity index is 1.63. The Morgan fingerprint density at radius 2 is 2.23 bits per heavy atom. The number of fused-ring (bicyclic) bond motifs is 3. The van der Waals surface area contributed by atoms with Crippen LogP contribution in [0.5, 0.6) is 11.5 Å². The molecular weight excluding hydrogens is 354 g/mol. The second kappa shape index (κ2) is 6.57. The fourth-order valence-electron chi connectivity index (χ4n) is 2.64. The molecule has 8 heteroatoms. The first-order valence-electron chi connectivity index (χ1n) is 7.73. The third kappa shape index (κ3) is 3.02. The smallest absolute Gasteiger partial charge is 0.270 e. The van der Waals surface area contributed by atoms with E-state index < -0.39 is 4.92 Å². The number of nitro benzene ring substituents is 1. The molecule has 2 heterocycles. The van der Waals surface area contributed by atoms with Gasteiger partial charge in [-0.05, 0) is 17.7 Å². The molecule has 0 atom stereocenters. The van der Waals surface area contributed by atoms with Crippen LogP contribution in [0.15, 0.2) is 47.5 Å². The van der Waals surface area contributed by atoms with Gasteiger partial charge in [0.1, 0.15) is 18.1 Å². The van der Waals surface area contributed by atoms with Gasteiger partial charge >= 0.3 is 0 Å². The first-order chi connectivity index (χ1) is 12.6. The molecule has 0 N–H and O–H groups in total. The molecule has 0 saturated carbocycles. The summed E-state index contributed by atoms with van der Waals surface area (Å²) in [6.07, 6.45) is 1.58. The molecule has 130 valence electrons. The number of nitro groups is 1. The van der Waals surface area contributed by atoms with Gasteiger partial charge in [-0.2, -0.15) is 0 Å². The van der Waals surface area contributed by atoms with Crippen LogP contribution in [0.2, 0.25) is 0 Å². The number of hydrogen-bond acceptors (Lipinski definition) is 7. The molecule has 0 aliphatic carbocycles. The van der Waals surface area contributed by atoms with E-state index in [2.05, 4.69) is 9.98 Å². The minimum absolute atomic E-state index is 0.0312. The molecule has 1 aromatic heterocycles. The lowest BCUT2D eigenvalue weighted by Gasteiger charge is -2.16. The number of ether oxygens (including phenoxy) is 2. The van der Waals surface area contributed by atoms with Crippen molar-refractivity contribution in [2.45, 2.75) is 6.61 Å². The van der Waals surface area contributed by atoms with E-state index in [0.717, 1.165) is 27.6 Å². The number of non-ortho nitro benzene ring substituents is 1. The zero-order chi connectivity index (χ0) is 18.1. The van der Waals surface area contributed by atoms with Crippen LogP contribution in [0.3, 0.4) is 0 Å². The number of methoxy groups -OCH3 is 1. The first-order valence-corrected chi connectivity index (χ1v) is 8.55. The Kier molecular flexibility index (Phi) is 4.10. The molecule has 0 fully saturated rings. The molecule has 0 spiro atoms. The normalized spacial score (nSPS) is 12.3. The average molecular weight is 367 g/mol. The lowest BCUT2D eigenvalue weighted by molar-refractivity contribution is -0.384. The fraction of sp³-hybridized carbons (Fsp3) is 0.111. The molecule has 0 unspecified atom stereocenters. The minimum Gasteiger partial charge on any atom is -0.497 e.